The summed E-state index contributed by atoms with van der Waals surface area (Å²) in [5.41, 5.74) is 1.43. The molecule has 1 aliphatic heterocycles. The highest BCUT2D eigenvalue weighted by Crippen LogP contribution is 2.22. The Kier molecular flexibility index (Phi) is 4.82. The van der Waals surface area contributed by atoms with Gasteiger partial charge in [0.05, 0.1) is 4.90 Å². The van der Waals surface area contributed by atoms with Gasteiger partial charge in [0.1, 0.15) is 11.6 Å². The molecule has 0 aliphatic carbocycles. The number of nitrogens with one attached hydrogen (secondary N) is 1. The van der Waals surface area contributed by atoms with Crippen molar-refractivity contribution >= 4 is 21.6 Å². The first kappa shape index (κ1) is 17.5. The first-order valence-electron chi connectivity index (χ1n) is 7.70. The van der Waals surface area contributed by atoms with Crippen molar-refractivity contribution in [3.8, 4) is 0 Å². The Morgan fingerprint density at radius 1 is 1.04 bits per heavy atom. The molecule has 1 fully saturated rings. The maximum absolute atomic E-state index is 13.2. The van der Waals surface area contributed by atoms with E-state index >= 15 is 0 Å². The summed E-state index contributed by atoms with van der Waals surface area (Å²) >= 11 is 0. The number of nitrogens with zero attached hydrogens (tertiary/aromatic N) is 1. The first-order chi connectivity index (χ1) is 11.8. The molecule has 1 N–H and O–H groups in total. The summed E-state index contributed by atoms with van der Waals surface area (Å²) in [6.45, 7) is 0.643. The van der Waals surface area contributed by atoms with E-state index in [0.717, 1.165) is 24.2 Å². The number of hydrogen-bond acceptors (Lipinski definition) is 3. The van der Waals surface area contributed by atoms with Crippen LogP contribution in [0.3, 0.4) is 0 Å². The van der Waals surface area contributed by atoms with Crippen LogP contribution in [0.1, 0.15) is 18.4 Å². The molecule has 2 aromatic rings. The molecule has 0 unspecified atom stereocenters. The molecule has 0 aromatic heterocycles. The maximum Gasteiger partial charge on any atom is 0.241 e. The standard InChI is InChI=1S/C17H16F2N2O3S/c18-13-8-14(19)10-16(9-13)25(23,24)20-11-12-3-5-15(6-4-12)21-7-1-2-17(21)22/h3-6,8-10,20H,1-2,7,11H2. The van der Waals surface area contributed by atoms with Crippen molar-refractivity contribution in [1.29, 1.82) is 0 Å². The summed E-state index contributed by atoms with van der Waals surface area (Å²) < 4.78 is 52.9. The van der Waals surface area contributed by atoms with Crippen molar-refractivity contribution in [2.24, 2.45) is 0 Å². The second-order valence-electron chi connectivity index (χ2n) is 5.75. The Hall–Kier alpha value is -2.32. The van der Waals surface area contributed by atoms with Gasteiger partial charge in [-0.3, -0.25) is 4.79 Å². The number of carbonyl (C=O) groups is 1. The topological polar surface area (TPSA) is 66.5 Å². The molecule has 0 saturated carbocycles. The van der Waals surface area contributed by atoms with E-state index in [4.69, 9.17) is 0 Å². The Bertz CT molecular complexity index is 878. The highest BCUT2D eigenvalue weighted by atomic mass is 32.2. The highest BCUT2D eigenvalue weighted by molar-refractivity contribution is 7.89. The van der Waals surface area contributed by atoms with E-state index in [1.165, 1.54) is 0 Å². The van der Waals surface area contributed by atoms with Crippen LogP contribution in [0.25, 0.3) is 0 Å². The van der Waals surface area contributed by atoms with Gasteiger partial charge in [-0.1, -0.05) is 12.1 Å². The maximum atomic E-state index is 13.2. The fourth-order valence-corrected chi connectivity index (χ4v) is 3.72. The lowest BCUT2D eigenvalue weighted by Gasteiger charge is -2.16. The van der Waals surface area contributed by atoms with Gasteiger partial charge >= 0.3 is 0 Å². The number of carbonyl (C=O) groups excluding carboxylic acids is 1. The largest absolute Gasteiger partial charge is 0.312 e. The third kappa shape index (κ3) is 4.02. The summed E-state index contributed by atoms with van der Waals surface area (Å²) in [5, 5.41) is 0. The molecule has 2 aromatic carbocycles. The van der Waals surface area contributed by atoms with Gasteiger partial charge in [-0.05, 0) is 36.2 Å². The predicted octanol–water partition coefficient (Wildman–Crippen LogP) is 2.57. The number of benzene rings is 2. The third-order valence-electron chi connectivity index (χ3n) is 3.93. The van der Waals surface area contributed by atoms with Gasteiger partial charge in [-0.2, -0.15) is 0 Å². The molecule has 1 saturated heterocycles. The number of sulfonamides is 1. The molecule has 3 rings (SSSR count). The third-order valence-corrected chi connectivity index (χ3v) is 5.31. The van der Waals surface area contributed by atoms with Crippen LogP contribution in [0.2, 0.25) is 0 Å². The molecule has 0 bridgehead atoms. The normalized spacial score (nSPS) is 15.0. The Morgan fingerprint density at radius 3 is 2.24 bits per heavy atom. The summed E-state index contributed by atoms with van der Waals surface area (Å²) in [6.07, 6.45) is 1.36. The Balaban J connectivity index is 1.69. The van der Waals surface area contributed by atoms with E-state index < -0.39 is 26.6 Å². The van der Waals surface area contributed by atoms with E-state index in [1.54, 1.807) is 29.2 Å². The summed E-state index contributed by atoms with van der Waals surface area (Å²) in [4.78, 5) is 12.9. The van der Waals surface area contributed by atoms with Crippen molar-refractivity contribution < 1.29 is 22.0 Å². The molecule has 25 heavy (non-hydrogen) atoms. The highest BCUT2D eigenvalue weighted by Gasteiger charge is 2.21. The number of amides is 1. The smallest absolute Gasteiger partial charge is 0.241 e. The van der Waals surface area contributed by atoms with Crippen molar-refractivity contribution in [2.45, 2.75) is 24.3 Å². The van der Waals surface area contributed by atoms with Crippen LogP contribution in [0.15, 0.2) is 47.4 Å². The zero-order chi connectivity index (χ0) is 18.0. The lowest BCUT2D eigenvalue weighted by molar-refractivity contribution is -0.117. The minimum absolute atomic E-state index is 0.0330. The minimum Gasteiger partial charge on any atom is -0.312 e. The molecular weight excluding hydrogens is 350 g/mol. The molecule has 0 spiro atoms. The number of anilines is 1. The summed E-state index contributed by atoms with van der Waals surface area (Å²) in [5.74, 6) is -1.85. The minimum atomic E-state index is -4.03. The lowest BCUT2D eigenvalue weighted by Crippen LogP contribution is -2.24. The van der Waals surface area contributed by atoms with Gasteiger partial charge in [0.25, 0.3) is 0 Å². The van der Waals surface area contributed by atoms with Crippen LogP contribution in [-0.4, -0.2) is 20.9 Å². The van der Waals surface area contributed by atoms with Crippen molar-refractivity contribution in [3.63, 3.8) is 0 Å². The van der Waals surface area contributed by atoms with Gasteiger partial charge < -0.3 is 4.90 Å². The van der Waals surface area contributed by atoms with Gasteiger partial charge in [0, 0.05) is 31.3 Å². The molecule has 8 heteroatoms. The van der Waals surface area contributed by atoms with E-state index in [0.29, 0.717) is 24.6 Å². The molecule has 1 heterocycles. The SMILES string of the molecule is O=C1CCCN1c1ccc(CNS(=O)(=O)c2cc(F)cc(F)c2)cc1. The van der Waals surface area contributed by atoms with Crippen LogP contribution in [-0.2, 0) is 21.4 Å². The molecule has 132 valence electrons. The van der Waals surface area contributed by atoms with Crippen LogP contribution in [0, 0.1) is 11.6 Å². The Labute approximate surface area is 144 Å². The van der Waals surface area contributed by atoms with Crippen LogP contribution >= 0.6 is 0 Å². The van der Waals surface area contributed by atoms with Gasteiger partial charge in [0.2, 0.25) is 15.9 Å². The van der Waals surface area contributed by atoms with E-state index in [-0.39, 0.29) is 12.5 Å². The fraction of sp³-hybridized carbons (Fsp3) is 0.235. The number of hydrogen-bond donors (Lipinski definition) is 1. The molecule has 0 atom stereocenters. The first-order valence-corrected chi connectivity index (χ1v) is 9.18. The second kappa shape index (κ2) is 6.89. The van der Waals surface area contributed by atoms with Crippen molar-refractivity contribution in [2.75, 3.05) is 11.4 Å². The molecular formula is C17H16F2N2O3S. The van der Waals surface area contributed by atoms with Gasteiger partial charge in [-0.25, -0.2) is 21.9 Å². The zero-order valence-corrected chi connectivity index (χ0v) is 14.0. The van der Waals surface area contributed by atoms with Crippen molar-refractivity contribution in [1.82, 2.24) is 4.72 Å². The molecule has 0 radical (unpaired) electrons. The average molecular weight is 366 g/mol. The monoisotopic (exact) mass is 366 g/mol. The quantitative estimate of drug-likeness (QED) is 0.884. The average Bonchev–Trinajstić information content (AvgIpc) is 2.99. The van der Waals surface area contributed by atoms with Crippen LogP contribution < -0.4 is 9.62 Å². The number of rotatable bonds is 5. The number of halogens is 2. The predicted molar refractivity (Wildman–Crippen MR) is 88.4 cm³/mol. The summed E-state index contributed by atoms with van der Waals surface area (Å²) in [7, 11) is -4.03. The lowest BCUT2D eigenvalue weighted by atomic mass is 10.2. The molecule has 1 aliphatic rings. The van der Waals surface area contributed by atoms with Crippen molar-refractivity contribution in [3.05, 3.63) is 59.7 Å². The van der Waals surface area contributed by atoms with Crippen LogP contribution in [0.4, 0.5) is 14.5 Å². The fourth-order valence-electron chi connectivity index (χ4n) is 2.66. The van der Waals surface area contributed by atoms with Gasteiger partial charge in [-0.15, -0.1) is 0 Å². The second-order valence-corrected chi connectivity index (χ2v) is 7.51. The van der Waals surface area contributed by atoms with E-state index in [2.05, 4.69) is 4.72 Å². The zero-order valence-electron chi connectivity index (χ0n) is 13.2. The van der Waals surface area contributed by atoms with Gasteiger partial charge in [0.15, 0.2) is 0 Å². The van der Waals surface area contributed by atoms with E-state index in [9.17, 15) is 22.0 Å². The molecule has 5 nitrogen and oxygen atoms in total. The summed E-state index contributed by atoms with van der Waals surface area (Å²) in [6, 6.07) is 9.02. The van der Waals surface area contributed by atoms with Crippen LogP contribution in [0.5, 0.6) is 0 Å². The Morgan fingerprint density at radius 2 is 1.68 bits per heavy atom. The molecule has 1 amide bonds. The van der Waals surface area contributed by atoms with E-state index in [1.807, 2.05) is 0 Å².